The molecule has 1 saturated heterocycles. The van der Waals surface area contributed by atoms with E-state index in [1.54, 1.807) is 47.4 Å². The highest BCUT2D eigenvalue weighted by atomic mass is 16.5. The molecule has 4 N–H and O–H groups in total. The predicted molar refractivity (Wildman–Crippen MR) is 151 cm³/mol. The van der Waals surface area contributed by atoms with Gasteiger partial charge in [0.1, 0.15) is 5.75 Å². The van der Waals surface area contributed by atoms with Crippen LogP contribution in [0.4, 0.5) is 21.9 Å². The second-order valence-electron chi connectivity index (χ2n) is 9.67. The topological polar surface area (TPSA) is 137 Å². The van der Waals surface area contributed by atoms with Gasteiger partial charge < -0.3 is 30.7 Å². The SMILES string of the molecule is COc1cc(CC(=O)Nc2ccc(C3C(C(=O)O)CCN3C(C)=O)cc2)ccc1NC(=O)Nc1ccccc1C. The van der Waals surface area contributed by atoms with Gasteiger partial charge in [-0.2, -0.15) is 0 Å². The van der Waals surface area contributed by atoms with E-state index in [0.717, 1.165) is 5.56 Å². The Kier molecular flexibility index (Phi) is 8.68. The molecule has 2 unspecified atom stereocenters. The van der Waals surface area contributed by atoms with E-state index in [2.05, 4.69) is 16.0 Å². The normalized spacial score (nSPS) is 16.2. The van der Waals surface area contributed by atoms with Crippen LogP contribution in [0.15, 0.2) is 66.7 Å². The van der Waals surface area contributed by atoms with E-state index in [0.29, 0.717) is 46.9 Å². The minimum atomic E-state index is -0.935. The number of carbonyl (C=O) groups is 4. The molecule has 3 aromatic rings. The number of carbonyl (C=O) groups excluding carboxylic acids is 3. The monoisotopic (exact) mass is 544 g/mol. The van der Waals surface area contributed by atoms with E-state index in [1.807, 2.05) is 31.2 Å². The van der Waals surface area contributed by atoms with Crippen molar-refractivity contribution in [1.82, 2.24) is 4.90 Å². The number of nitrogens with zero attached hydrogens (tertiary/aromatic N) is 1. The lowest BCUT2D eigenvalue weighted by Crippen LogP contribution is -2.31. The molecule has 2 atom stereocenters. The molecule has 4 rings (SSSR count). The van der Waals surface area contributed by atoms with Crippen LogP contribution in [0.3, 0.4) is 0 Å². The van der Waals surface area contributed by atoms with Crippen molar-refractivity contribution in [2.24, 2.45) is 5.92 Å². The fraction of sp³-hybridized carbons (Fsp3) is 0.267. The second-order valence-corrected chi connectivity index (χ2v) is 9.67. The number of benzene rings is 3. The molecule has 0 spiro atoms. The van der Waals surface area contributed by atoms with Crippen LogP contribution in [-0.4, -0.2) is 47.5 Å². The van der Waals surface area contributed by atoms with Crippen molar-refractivity contribution in [3.05, 3.63) is 83.4 Å². The molecule has 1 heterocycles. The first-order valence-electron chi connectivity index (χ1n) is 12.9. The molecule has 4 amide bonds. The van der Waals surface area contributed by atoms with Crippen LogP contribution >= 0.6 is 0 Å². The highest BCUT2D eigenvalue weighted by molar-refractivity contribution is 6.01. The number of aliphatic carboxylic acids is 1. The molecular formula is C30H32N4O6. The predicted octanol–water partition coefficient (Wildman–Crippen LogP) is 4.82. The Morgan fingerprint density at radius 3 is 2.30 bits per heavy atom. The van der Waals surface area contributed by atoms with Crippen LogP contribution in [0.25, 0.3) is 0 Å². The zero-order valence-electron chi connectivity index (χ0n) is 22.6. The molecular weight excluding hydrogens is 512 g/mol. The van der Waals surface area contributed by atoms with Gasteiger partial charge in [0.15, 0.2) is 0 Å². The quantitative estimate of drug-likeness (QED) is 0.321. The van der Waals surface area contributed by atoms with Crippen molar-refractivity contribution >= 4 is 40.9 Å². The first-order chi connectivity index (χ1) is 19.2. The van der Waals surface area contributed by atoms with E-state index in [4.69, 9.17) is 4.74 Å². The number of urea groups is 1. The fourth-order valence-electron chi connectivity index (χ4n) is 4.91. The maximum atomic E-state index is 12.7. The number of ether oxygens (including phenoxy) is 1. The van der Waals surface area contributed by atoms with Gasteiger partial charge in [-0.05, 0) is 60.4 Å². The fourth-order valence-corrected chi connectivity index (χ4v) is 4.91. The molecule has 0 saturated carbocycles. The third-order valence-electron chi connectivity index (χ3n) is 6.93. The maximum Gasteiger partial charge on any atom is 0.323 e. The smallest absolute Gasteiger partial charge is 0.323 e. The minimum absolute atomic E-state index is 0.0651. The van der Waals surface area contributed by atoms with Crippen LogP contribution in [0.2, 0.25) is 0 Å². The number of carboxylic acid groups (broad SMARTS) is 1. The average molecular weight is 545 g/mol. The van der Waals surface area contributed by atoms with Gasteiger partial charge in [0.05, 0.1) is 31.2 Å². The number of aryl methyl sites for hydroxylation is 1. The highest BCUT2D eigenvalue weighted by Crippen LogP contribution is 2.38. The Balaban J connectivity index is 1.38. The van der Waals surface area contributed by atoms with Crippen molar-refractivity contribution in [3.63, 3.8) is 0 Å². The van der Waals surface area contributed by atoms with Gasteiger partial charge in [0, 0.05) is 24.8 Å². The summed E-state index contributed by atoms with van der Waals surface area (Å²) < 4.78 is 5.43. The summed E-state index contributed by atoms with van der Waals surface area (Å²) in [6.45, 7) is 3.73. The highest BCUT2D eigenvalue weighted by Gasteiger charge is 2.40. The summed E-state index contributed by atoms with van der Waals surface area (Å²) in [4.78, 5) is 50.6. The number of likely N-dealkylation sites (tertiary alicyclic amines) is 1. The van der Waals surface area contributed by atoms with Crippen molar-refractivity contribution < 1.29 is 29.0 Å². The number of amides is 4. The average Bonchev–Trinajstić information content (AvgIpc) is 3.37. The van der Waals surface area contributed by atoms with E-state index < -0.39 is 24.0 Å². The molecule has 3 aromatic carbocycles. The van der Waals surface area contributed by atoms with Crippen LogP contribution in [0, 0.1) is 12.8 Å². The lowest BCUT2D eigenvalue weighted by Gasteiger charge is -2.26. The van der Waals surface area contributed by atoms with Crippen molar-refractivity contribution in [1.29, 1.82) is 0 Å². The molecule has 1 aliphatic heterocycles. The van der Waals surface area contributed by atoms with E-state index >= 15 is 0 Å². The third kappa shape index (κ3) is 6.58. The number of rotatable bonds is 8. The Hall–Kier alpha value is -4.86. The number of hydrogen-bond acceptors (Lipinski definition) is 5. The van der Waals surface area contributed by atoms with Gasteiger partial charge in [-0.25, -0.2) is 4.79 Å². The number of methoxy groups -OCH3 is 1. The molecule has 0 aromatic heterocycles. The van der Waals surface area contributed by atoms with Crippen molar-refractivity contribution in [2.45, 2.75) is 32.7 Å². The molecule has 1 aliphatic rings. The van der Waals surface area contributed by atoms with Gasteiger partial charge in [0.2, 0.25) is 11.8 Å². The van der Waals surface area contributed by atoms with Gasteiger partial charge in [-0.1, -0.05) is 36.4 Å². The Bertz CT molecular complexity index is 1400. The van der Waals surface area contributed by atoms with Crippen molar-refractivity contribution in [2.75, 3.05) is 29.6 Å². The Morgan fingerprint density at radius 1 is 0.950 bits per heavy atom. The number of hydrogen-bond donors (Lipinski definition) is 4. The largest absolute Gasteiger partial charge is 0.495 e. The van der Waals surface area contributed by atoms with E-state index in [-0.39, 0.29) is 18.2 Å². The summed E-state index contributed by atoms with van der Waals surface area (Å²) in [5, 5.41) is 18.0. The van der Waals surface area contributed by atoms with E-state index in [1.165, 1.54) is 14.0 Å². The summed E-state index contributed by atoms with van der Waals surface area (Å²) in [5.74, 6) is -1.63. The van der Waals surface area contributed by atoms with Crippen LogP contribution in [0.5, 0.6) is 5.75 Å². The molecule has 1 fully saturated rings. The standard InChI is InChI=1S/C30H32N4O6/c1-18-6-4-5-7-24(18)32-30(39)33-25-13-8-20(16-26(25)40-3)17-27(36)31-22-11-9-21(10-12-22)28-23(29(37)38)14-15-34(28)19(2)35/h4-13,16,23,28H,14-15,17H2,1-3H3,(H,31,36)(H,37,38)(H2,32,33,39). The molecule has 10 heteroatoms. The van der Waals surface area contributed by atoms with Gasteiger partial charge >= 0.3 is 12.0 Å². The second kappa shape index (κ2) is 12.3. The first kappa shape index (κ1) is 28.2. The van der Waals surface area contributed by atoms with Crippen LogP contribution < -0.4 is 20.7 Å². The van der Waals surface area contributed by atoms with Crippen molar-refractivity contribution in [3.8, 4) is 5.75 Å². The van der Waals surface area contributed by atoms with Crippen LogP contribution in [0.1, 0.15) is 36.1 Å². The molecule has 10 nitrogen and oxygen atoms in total. The molecule has 208 valence electrons. The summed E-state index contributed by atoms with van der Waals surface area (Å²) in [7, 11) is 1.48. The van der Waals surface area contributed by atoms with Crippen LogP contribution in [-0.2, 0) is 20.8 Å². The maximum absolute atomic E-state index is 12.7. The summed E-state index contributed by atoms with van der Waals surface area (Å²) in [6.07, 6.45) is 0.461. The van der Waals surface area contributed by atoms with Gasteiger partial charge in [-0.15, -0.1) is 0 Å². The lowest BCUT2D eigenvalue weighted by molar-refractivity contribution is -0.143. The van der Waals surface area contributed by atoms with E-state index in [9.17, 15) is 24.3 Å². The number of para-hydroxylation sites is 1. The number of carboxylic acids is 1. The third-order valence-corrected chi connectivity index (χ3v) is 6.93. The first-order valence-corrected chi connectivity index (χ1v) is 12.9. The number of nitrogens with one attached hydrogen (secondary N) is 3. The van der Waals surface area contributed by atoms with Gasteiger partial charge in [0.25, 0.3) is 0 Å². The summed E-state index contributed by atoms with van der Waals surface area (Å²) in [6, 6.07) is 18.4. The minimum Gasteiger partial charge on any atom is -0.495 e. The molecule has 40 heavy (non-hydrogen) atoms. The Morgan fingerprint density at radius 2 is 1.65 bits per heavy atom. The molecule has 0 bridgehead atoms. The Labute approximate surface area is 232 Å². The summed E-state index contributed by atoms with van der Waals surface area (Å²) in [5.41, 5.74) is 4.02. The molecule has 0 aliphatic carbocycles. The van der Waals surface area contributed by atoms with Gasteiger partial charge in [-0.3, -0.25) is 14.4 Å². The number of anilines is 3. The lowest BCUT2D eigenvalue weighted by atomic mass is 9.93. The zero-order chi connectivity index (χ0) is 28.8. The zero-order valence-corrected chi connectivity index (χ0v) is 22.6. The summed E-state index contributed by atoms with van der Waals surface area (Å²) >= 11 is 0. The molecule has 0 radical (unpaired) electrons.